The van der Waals surface area contributed by atoms with Gasteiger partial charge >= 0.3 is 85.2 Å². The number of hydrogen-bond acceptors (Lipinski definition) is 2. The van der Waals surface area contributed by atoms with Gasteiger partial charge in [-0.1, -0.05) is 0 Å². The van der Waals surface area contributed by atoms with Crippen LogP contribution in [0.2, 0.25) is 14.8 Å². The predicted molar refractivity (Wildman–Crippen MR) is 58.4 cm³/mol. The van der Waals surface area contributed by atoms with E-state index in [4.69, 9.17) is 4.74 Å². The third-order valence-electron chi connectivity index (χ3n) is 1.92. The van der Waals surface area contributed by atoms with Gasteiger partial charge in [0.1, 0.15) is 0 Å². The van der Waals surface area contributed by atoms with E-state index in [0.717, 1.165) is 6.42 Å². The molecule has 0 aromatic carbocycles. The van der Waals surface area contributed by atoms with Crippen molar-refractivity contribution in [1.82, 2.24) is 0 Å². The molecule has 0 aromatic heterocycles. The van der Waals surface area contributed by atoms with E-state index in [0.29, 0.717) is 6.61 Å². The van der Waals surface area contributed by atoms with Crippen molar-refractivity contribution >= 4 is 24.3 Å². The van der Waals surface area contributed by atoms with Crippen molar-refractivity contribution in [1.29, 1.82) is 0 Å². The molecule has 13 heavy (non-hydrogen) atoms. The summed E-state index contributed by atoms with van der Waals surface area (Å²) in [7, 11) is 0. The Hall–Kier alpha value is 0.00870. The zero-order valence-electron chi connectivity index (χ0n) is 9.31. The predicted octanol–water partition coefficient (Wildman–Crippen LogP) is 2.76. The summed E-state index contributed by atoms with van der Waals surface area (Å²) in [6.07, 6.45) is 2.69. The number of carbonyl (C=O) groups is 1. The van der Waals surface area contributed by atoms with E-state index < -0.39 is 18.4 Å². The first-order valence-corrected chi connectivity index (χ1v) is 14.8. The Labute approximate surface area is 85.2 Å². The minimum atomic E-state index is -2.02. The zero-order valence-corrected chi connectivity index (χ0v) is 12.2. The average Bonchev–Trinajstić information content (AvgIpc) is 1.98. The molecule has 0 radical (unpaired) electrons. The Balaban J connectivity index is 4.48. The fourth-order valence-electron chi connectivity index (χ4n) is 1.18. The van der Waals surface area contributed by atoms with Gasteiger partial charge in [-0.25, -0.2) is 0 Å². The summed E-state index contributed by atoms with van der Waals surface area (Å²) in [6, 6.07) is 0. The van der Waals surface area contributed by atoms with Crippen LogP contribution in [0.5, 0.6) is 0 Å². The molecule has 0 saturated heterocycles. The van der Waals surface area contributed by atoms with Gasteiger partial charge in [0.2, 0.25) is 0 Å². The number of ether oxygens (including phenoxy) is 1. The fourth-order valence-corrected chi connectivity index (χ4v) is 5.77. The Morgan fingerprint density at radius 3 is 2.15 bits per heavy atom. The second kappa shape index (κ2) is 5.68. The average molecular weight is 291 g/mol. The number of rotatable bonds is 4. The monoisotopic (exact) mass is 292 g/mol. The molecule has 0 fully saturated rings. The van der Waals surface area contributed by atoms with Crippen molar-refractivity contribution in [3.05, 3.63) is 9.67 Å². The second-order valence-electron chi connectivity index (χ2n) is 4.03. The molecular formula is C10H20O2Sn. The van der Waals surface area contributed by atoms with Crippen LogP contribution in [0.25, 0.3) is 0 Å². The van der Waals surface area contributed by atoms with Crippen LogP contribution in [-0.2, 0) is 9.53 Å². The molecule has 0 aliphatic heterocycles. The van der Waals surface area contributed by atoms with E-state index in [9.17, 15) is 4.79 Å². The molecule has 0 bridgehead atoms. The second-order valence-corrected chi connectivity index (χ2v) is 18.7. The molecule has 0 atom stereocenters. The van der Waals surface area contributed by atoms with E-state index in [1.165, 1.54) is 3.59 Å². The summed E-state index contributed by atoms with van der Waals surface area (Å²) in [6.45, 7) is 4.40. The van der Waals surface area contributed by atoms with Crippen molar-refractivity contribution in [2.75, 3.05) is 6.61 Å². The molecule has 3 heteroatoms. The molecule has 0 aliphatic rings. The SMILES string of the molecule is CCOC(=O)/C=[C](\CC)[Sn]([CH3])([CH3])[CH3]. The molecule has 2 nitrogen and oxygen atoms in total. The van der Waals surface area contributed by atoms with Crippen LogP contribution < -0.4 is 0 Å². The molecule has 0 rings (SSSR count). The first-order chi connectivity index (χ1) is 5.91. The van der Waals surface area contributed by atoms with Crippen LogP contribution in [0, 0.1) is 0 Å². The van der Waals surface area contributed by atoms with E-state index in [1.807, 2.05) is 6.92 Å². The van der Waals surface area contributed by atoms with Gasteiger partial charge in [-0.05, 0) is 0 Å². The first kappa shape index (κ1) is 13.0. The zero-order chi connectivity index (χ0) is 10.5. The van der Waals surface area contributed by atoms with Crippen LogP contribution in [0.1, 0.15) is 20.3 Å². The standard InChI is InChI=1S/C7H11O2.3CH3.Sn/c1-3-5-6-7(8)9-4-2;;;;/h6H,3-4H2,1-2H3;3*1H3;. The molecule has 0 spiro atoms. The van der Waals surface area contributed by atoms with Crippen LogP contribution in [0.3, 0.4) is 0 Å². The van der Waals surface area contributed by atoms with E-state index >= 15 is 0 Å². The Morgan fingerprint density at radius 2 is 1.85 bits per heavy atom. The molecule has 0 unspecified atom stereocenters. The van der Waals surface area contributed by atoms with E-state index in [2.05, 4.69) is 21.7 Å². The van der Waals surface area contributed by atoms with Crippen molar-refractivity contribution in [2.45, 2.75) is 35.1 Å². The third kappa shape index (κ3) is 5.34. The number of hydrogen-bond donors (Lipinski definition) is 0. The molecule has 0 heterocycles. The summed E-state index contributed by atoms with van der Waals surface area (Å²) in [5.41, 5.74) is 0. The topological polar surface area (TPSA) is 26.3 Å². The van der Waals surface area contributed by atoms with Gasteiger partial charge in [-0.15, -0.1) is 0 Å². The molecule has 0 aliphatic carbocycles. The molecule has 0 saturated carbocycles. The fraction of sp³-hybridized carbons (Fsp3) is 0.700. The third-order valence-corrected chi connectivity index (χ3v) is 8.84. The van der Waals surface area contributed by atoms with Gasteiger partial charge in [0, 0.05) is 0 Å². The minimum absolute atomic E-state index is 0.175. The van der Waals surface area contributed by atoms with Crippen molar-refractivity contribution < 1.29 is 9.53 Å². The van der Waals surface area contributed by atoms with Gasteiger partial charge in [-0.2, -0.15) is 0 Å². The quantitative estimate of drug-likeness (QED) is 0.452. The van der Waals surface area contributed by atoms with Gasteiger partial charge in [0.15, 0.2) is 0 Å². The van der Waals surface area contributed by atoms with Gasteiger partial charge in [0.05, 0.1) is 0 Å². The van der Waals surface area contributed by atoms with Crippen LogP contribution in [0.4, 0.5) is 0 Å². The first-order valence-electron chi connectivity index (χ1n) is 4.79. The Morgan fingerprint density at radius 1 is 1.31 bits per heavy atom. The normalized spacial score (nSPS) is 12.8. The summed E-state index contributed by atoms with van der Waals surface area (Å²) >= 11 is -2.02. The number of esters is 1. The van der Waals surface area contributed by atoms with E-state index in [1.54, 1.807) is 6.08 Å². The van der Waals surface area contributed by atoms with Crippen LogP contribution in [-0.4, -0.2) is 31.0 Å². The maximum absolute atomic E-state index is 11.2. The molecular weight excluding hydrogens is 271 g/mol. The van der Waals surface area contributed by atoms with Crippen molar-refractivity contribution in [2.24, 2.45) is 0 Å². The Kier molecular flexibility index (Phi) is 5.68. The summed E-state index contributed by atoms with van der Waals surface area (Å²) in [5, 5.41) is 0. The maximum atomic E-state index is 11.2. The van der Waals surface area contributed by atoms with Gasteiger partial charge in [0.25, 0.3) is 0 Å². The number of carbonyl (C=O) groups excluding carboxylic acids is 1. The van der Waals surface area contributed by atoms with Crippen molar-refractivity contribution in [3.8, 4) is 0 Å². The van der Waals surface area contributed by atoms with E-state index in [-0.39, 0.29) is 5.97 Å². The van der Waals surface area contributed by atoms with Gasteiger partial charge in [-0.3, -0.25) is 0 Å². The molecule has 0 N–H and O–H groups in total. The van der Waals surface area contributed by atoms with Crippen molar-refractivity contribution in [3.63, 3.8) is 0 Å². The van der Waals surface area contributed by atoms with Gasteiger partial charge < -0.3 is 0 Å². The number of allylic oxidation sites excluding steroid dienone is 1. The molecule has 0 amide bonds. The molecule has 0 aromatic rings. The van der Waals surface area contributed by atoms with Crippen LogP contribution in [0.15, 0.2) is 9.67 Å². The Bertz CT molecular complexity index is 201. The van der Waals surface area contributed by atoms with Crippen LogP contribution >= 0.6 is 0 Å². The summed E-state index contributed by atoms with van der Waals surface area (Å²) in [4.78, 5) is 18.1. The molecule has 76 valence electrons. The summed E-state index contributed by atoms with van der Waals surface area (Å²) in [5.74, 6) is -0.175. The summed E-state index contributed by atoms with van der Waals surface area (Å²) < 4.78 is 6.23.